The van der Waals surface area contributed by atoms with Crippen molar-refractivity contribution in [1.82, 2.24) is 10.2 Å². The summed E-state index contributed by atoms with van der Waals surface area (Å²) in [7, 11) is 0. The molecular weight excluding hydrogens is 184 g/mol. The van der Waals surface area contributed by atoms with E-state index in [2.05, 4.69) is 31.0 Å². The summed E-state index contributed by atoms with van der Waals surface area (Å²) in [6.45, 7) is 13.3. The van der Waals surface area contributed by atoms with Crippen molar-refractivity contribution in [2.45, 2.75) is 40.0 Å². The molecule has 0 saturated carbocycles. The van der Waals surface area contributed by atoms with Crippen molar-refractivity contribution in [3.8, 4) is 0 Å². The van der Waals surface area contributed by atoms with Gasteiger partial charge in [-0.1, -0.05) is 20.8 Å². The predicted molar refractivity (Wildman–Crippen MR) is 67.2 cm³/mol. The van der Waals surface area contributed by atoms with Gasteiger partial charge in [-0.05, 0) is 57.3 Å². The minimum absolute atomic E-state index is 0.869. The SMILES string of the molecule is CCCNCCCN1CCC(C(C)C)C1. The summed E-state index contributed by atoms with van der Waals surface area (Å²) in [5, 5.41) is 3.47. The van der Waals surface area contributed by atoms with Gasteiger partial charge in [0.05, 0.1) is 0 Å². The lowest BCUT2D eigenvalue weighted by Crippen LogP contribution is -2.26. The molecule has 0 spiro atoms. The Balaban J connectivity index is 1.99. The highest BCUT2D eigenvalue weighted by Crippen LogP contribution is 2.23. The molecule has 0 radical (unpaired) electrons. The lowest BCUT2D eigenvalue weighted by molar-refractivity contribution is 0.298. The number of likely N-dealkylation sites (tertiary alicyclic amines) is 1. The van der Waals surface area contributed by atoms with E-state index in [0.29, 0.717) is 0 Å². The van der Waals surface area contributed by atoms with Gasteiger partial charge in [0.25, 0.3) is 0 Å². The van der Waals surface area contributed by atoms with E-state index in [4.69, 9.17) is 0 Å². The van der Waals surface area contributed by atoms with Gasteiger partial charge in [0, 0.05) is 6.54 Å². The Morgan fingerprint density at radius 3 is 2.73 bits per heavy atom. The Bertz CT molecular complexity index is 157. The van der Waals surface area contributed by atoms with Gasteiger partial charge in [-0.2, -0.15) is 0 Å². The van der Waals surface area contributed by atoms with Crippen LogP contribution < -0.4 is 5.32 Å². The Morgan fingerprint density at radius 2 is 2.13 bits per heavy atom. The third-order valence-corrected chi connectivity index (χ3v) is 3.51. The second-order valence-corrected chi connectivity index (χ2v) is 5.20. The highest BCUT2D eigenvalue weighted by Gasteiger charge is 2.23. The van der Waals surface area contributed by atoms with Crippen molar-refractivity contribution in [3.05, 3.63) is 0 Å². The van der Waals surface area contributed by atoms with Gasteiger partial charge >= 0.3 is 0 Å². The van der Waals surface area contributed by atoms with Gasteiger partial charge in [0.1, 0.15) is 0 Å². The first kappa shape index (κ1) is 13.0. The molecule has 0 aromatic carbocycles. The lowest BCUT2D eigenvalue weighted by Gasteiger charge is -2.17. The Hall–Kier alpha value is -0.0800. The van der Waals surface area contributed by atoms with Crippen LogP contribution in [0.15, 0.2) is 0 Å². The minimum atomic E-state index is 0.869. The zero-order valence-corrected chi connectivity index (χ0v) is 10.8. The summed E-state index contributed by atoms with van der Waals surface area (Å²) in [5.74, 6) is 1.82. The molecule has 0 aromatic rings. The van der Waals surface area contributed by atoms with Gasteiger partial charge in [0.2, 0.25) is 0 Å². The molecule has 0 aromatic heterocycles. The largest absolute Gasteiger partial charge is 0.317 e. The standard InChI is InChI=1S/C13H28N2/c1-4-7-14-8-5-9-15-10-6-13(11-15)12(2)3/h12-14H,4-11H2,1-3H3. The molecule has 1 rings (SSSR count). The molecule has 0 bridgehead atoms. The second kappa shape index (κ2) is 7.24. The van der Waals surface area contributed by atoms with Crippen molar-refractivity contribution in [2.75, 3.05) is 32.7 Å². The highest BCUT2D eigenvalue weighted by molar-refractivity contribution is 4.77. The van der Waals surface area contributed by atoms with Crippen LogP contribution in [-0.2, 0) is 0 Å². The molecule has 2 heteroatoms. The molecule has 1 aliphatic heterocycles. The fraction of sp³-hybridized carbons (Fsp3) is 1.00. The van der Waals surface area contributed by atoms with Crippen molar-refractivity contribution in [1.29, 1.82) is 0 Å². The monoisotopic (exact) mass is 212 g/mol. The quantitative estimate of drug-likeness (QED) is 0.652. The summed E-state index contributed by atoms with van der Waals surface area (Å²) in [6.07, 6.45) is 3.98. The van der Waals surface area contributed by atoms with Crippen LogP contribution in [0.4, 0.5) is 0 Å². The Morgan fingerprint density at radius 1 is 1.33 bits per heavy atom. The van der Waals surface area contributed by atoms with Crippen LogP contribution in [0.1, 0.15) is 40.0 Å². The summed E-state index contributed by atoms with van der Waals surface area (Å²) >= 11 is 0. The lowest BCUT2D eigenvalue weighted by atomic mass is 9.95. The van der Waals surface area contributed by atoms with Gasteiger partial charge in [0.15, 0.2) is 0 Å². The molecule has 1 fully saturated rings. The fourth-order valence-electron chi connectivity index (χ4n) is 2.34. The average Bonchev–Trinajstić information content (AvgIpc) is 2.66. The van der Waals surface area contributed by atoms with E-state index < -0.39 is 0 Å². The van der Waals surface area contributed by atoms with Crippen molar-refractivity contribution in [3.63, 3.8) is 0 Å². The third kappa shape index (κ3) is 4.98. The summed E-state index contributed by atoms with van der Waals surface area (Å²) in [4.78, 5) is 2.64. The van der Waals surface area contributed by atoms with E-state index in [1.54, 1.807) is 0 Å². The smallest absolute Gasteiger partial charge is 0.00126 e. The summed E-state index contributed by atoms with van der Waals surface area (Å²) in [5.41, 5.74) is 0. The van der Waals surface area contributed by atoms with Crippen LogP contribution in [-0.4, -0.2) is 37.6 Å². The maximum absolute atomic E-state index is 3.47. The maximum atomic E-state index is 3.47. The van der Waals surface area contributed by atoms with Crippen molar-refractivity contribution in [2.24, 2.45) is 11.8 Å². The number of hydrogen-bond donors (Lipinski definition) is 1. The fourth-order valence-corrected chi connectivity index (χ4v) is 2.34. The molecule has 90 valence electrons. The third-order valence-electron chi connectivity index (χ3n) is 3.51. The van der Waals surface area contributed by atoms with Crippen LogP contribution in [0.2, 0.25) is 0 Å². The predicted octanol–water partition coefficient (Wildman–Crippen LogP) is 2.35. The normalized spacial score (nSPS) is 22.8. The summed E-state index contributed by atoms with van der Waals surface area (Å²) < 4.78 is 0. The van der Waals surface area contributed by atoms with E-state index in [1.165, 1.54) is 52.0 Å². The molecule has 1 heterocycles. The van der Waals surface area contributed by atoms with Gasteiger partial charge < -0.3 is 10.2 Å². The van der Waals surface area contributed by atoms with Gasteiger partial charge in [-0.3, -0.25) is 0 Å². The number of hydrogen-bond acceptors (Lipinski definition) is 2. The van der Waals surface area contributed by atoms with Gasteiger partial charge in [-0.25, -0.2) is 0 Å². The molecule has 1 aliphatic rings. The van der Waals surface area contributed by atoms with Crippen LogP contribution in [0.5, 0.6) is 0 Å². The van der Waals surface area contributed by atoms with Crippen molar-refractivity contribution >= 4 is 0 Å². The zero-order chi connectivity index (χ0) is 11.1. The maximum Gasteiger partial charge on any atom is 0.00126 e. The molecule has 1 atom stereocenters. The first-order valence-corrected chi connectivity index (χ1v) is 6.67. The Labute approximate surface area is 95.4 Å². The molecule has 1 unspecified atom stereocenters. The van der Waals surface area contributed by atoms with E-state index >= 15 is 0 Å². The topological polar surface area (TPSA) is 15.3 Å². The number of rotatable bonds is 7. The van der Waals surface area contributed by atoms with Gasteiger partial charge in [-0.15, -0.1) is 0 Å². The van der Waals surface area contributed by atoms with Crippen LogP contribution >= 0.6 is 0 Å². The first-order valence-electron chi connectivity index (χ1n) is 6.67. The number of nitrogens with one attached hydrogen (secondary N) is 1. The minimum Gasteiger partial charge on any atom is -0.317 e. The molecule has 1 saturated heterocycles. The molecule has 0 aliphatic carbocycles. The molecule has 15 heavy (non-hydrogen) atoms. The van der Waals surface area contributed by atoms with Crippen molar-refractivity contribution < 1.29 is 0 Å². The highest BCUT2D eigenvalue weighted by atomic mass is 15.1. The molecule has 1 N–H and O–H groups in total. The van der Waals surface area contributed by atoms with E-state index in [-0.39, 0.29) is 0 Å². The van der Waals surface area contributed by atoms with E-state index in [0.717, 1.165) is 11.8 Å². The van der Waals surface area contributed by atoms with Crippen LogP contribution in [0.25, 0.3) is 0 Å². The summed E-state index contributed by atoms with van der Waals surface area (Å²) in [6, 6.07) is 0. The molecule has 2 nitrogen and oxygen atoms in total. The van der Waals surface area contributed by atoms with Crippen LogP contribution in [0, 0.1) is 11.8 Å². The number of nitrogens with zero attached hydrogens (tertiary/aromatic N) is 1. The molecule has 0 amide bonds. The van der Waals surface area contributed by atoms with Crippen LogP contribution in [0.3, 0.4) is 0 Å². The second-order valence-electron chi connectivity index (χ2n) is 5.20. The zero-order valence-electron chi connectivity index (χ0n) is 10.8. The molecular formula is C13H28N2. The Kier molecular flexibility index (Phi) is 6.26. The van der Waals surface area contributed by atoms with E-state index in [1.807, 2.05) is 0 Å². The average molecular weight is 212 g/mol. The first-order chi connectivity index (χ1) is 7.24. The van der Waals surface area contributed by atoms with E-state index in [9.17, 15) is 0 Å².